The van der Waals surface area contributed by atoms with E-state index in [1.165, 1.54) is 16.9 Å². The summed E-state index contributed by atoms with van der Waals surface area (Å²) >= 11 is 1.43. The molecule has 1 fully saturated rings. The summed E-state index contributed by atoms with van der Waals surface area (Å²) < 4.78 is 0. The van der Waals surface area contributed by atoms with E-state index in [1.54, 1.807) is 4.90 Å². The van der Waals surface area contributed by atoms with Crippen molar-refractivity contribution in [2.45, 2.75) is 32.1 Å². The first-order chi connectivity index (χ1) is 11.6. The Labute approximate surface area is 145 Å². The van der Waals surface area contributed by atoms with Gasteiger partial charge in [0.15, 0.2) is 5.13 Å². The fourth-order valence-electron chi connectivity index (χ4n) is 2.75. The maximum atomic E-state index is 12.1. The molecule has 0 saturated carbocycles. The Hall–Kier alpha value is -2.21. The van der Waals surface area contributed by atoms with Gasteiger partial charge < -0.3 is 5.32 Å². The first-order valence-electron chi connectivity index (χ1n) is 8.20. The first kappa shape index (κ1) is 16.6. The minimum atomic E-state index is -0.0395. The number of nitrogens with zero attached hydrogens (tertiary/aromatic N) is 2. The molecule has 1 saturated heterocycles. The van der Waals surface area contributed by atoms with Gasteiger partial charge in [0.25, 0.3) is 0 Å². The summed E-state index contributed by atoms with van der Waals surface area (Å²) in [6.45, 7) is 3.42. The van der Waals surface area contributed by atoms with Crippen LogP contribution in [0.1, 0.15) is 36.9 Å². The lowest BCUT2D eigenvalue weighted by Crippen LogP contribution is -2.29. The third-order valence-corrected chi connectivity index (χ3v) is 5.07. The zero-order valence-electron chi connectivity index (χ0n) is 13.7. The van der Waals surface area contributed by atoms with E-state index in [9.17, 15) is 9.59 Å². The molecule has 0 radical (unpaired) electrons. The van der Waals surface area contributed by atoms with Crippen molar-refractivity contribution in [2.24, 2.45) is 0 Å². The summed E-state index contributed by atoms with van der Waals surface area (Å²) in [5.74, 6) is 0.350. The van der Waals surface area contributed by atoms with Gasteiger partial charge in [0.1, 0.15) is 0 Å². The number of carbonyl (C=O) groups excluding carboxylic acids is 2. The molecule has 0 bridgehead atoms. The molecule has 1 atom stereocenters. The SMILES string of the molecule is C[C@H](CNC(=O)Cc1csc(N2CCCC2=O)n1)c1ccccc1. The minimum absolute atomic E-state index is 0.0395. The molecule has 5 nitrogen and oxygen atoms in total. The highest BCUT2D eigenvalue weighted by Gasteiger charge is 2.24. The molecule has 0 aliphatic carbocycles. The van der Waals surface area contributed by atoms with E-state index in [-0.39, 0.29) is 24.2 Å². The van der Waals surface area contributed by atoms with Crippen LogP contribution in [0.25, 0.3) is 0 Å². The van der Waals surface area contributed by atoms with Crippen molar-refractivity contribution >= 4 is 28.3 Å². The molecule has 1 aromatic heterocycles. The molecule has 0 spiro atoms. The van der Waals surface area contributed by atoms with Crippen molar-refractivity contribution < 1.29 is 9.59 Å². The zero-order valence-corrected chi connectivity index (χ0v) is 14.5. The van der Waals surface area contributed by atoms with Gasteiger partial charge in [-0.15, -0.1) is 11.3 Å². The van der Waals surface area contributed by atoms with Crippen molar-refractivity contribution in [2.75, 3.05) is 18.0 Å². The fourth-order valence-corrected chi connectivity index (χ4v) is 3.61. The molecule has 3 rings (SSSR count). The number of hydrogen-bond donors (Lipinski definition) is 1. The molecule has 0 unspecified atom stereocenters. The van der Waals surface area contributed by atoms with Crippen molar-refractivity contribution in [1.29, 1.82) is 0 Å². The standard InChI is InChI=1S/C18H21N3O2S/c1-13(14-6-3-2-4-7-14)11-19-16(22)10-15-12-24-18(20-15)21-9-5-8-17(21)23/h2-4,6-7,12-13H,5,8-11H2,1H3,(H,19,22)/t13-/m1/s1. The number of benzene rings is 1. The third kappa shape index (κ3) is 4.00. The lowest BCUT2D eigenvalue weighted by Gasteiger charge is -2.12. The van der Waals surface area contributed by atoms with Crippen LogP contribution in [0.3, 0.4) is 0 Å². The normalized spacial score (nSPS) is 15.5. The van der Waals surface area contributed by atoms with E-state index in [4.69, 9.17) is 0 Å². The van der Waals surface area contributed by atoms with Crippen molar-refractivity contribution in [3.05, 3.63) is 47.0 Å². The largest absolute Gasteiger partial charge is 0.355 e. The number of thiazole rings is 1. The molecule has 1 aromatic carbocycles. The second-order valence-electron chi connectivity index (χ2n) is 6.06. The summed E-state index contributed by atoms with van der Waals surface area (Å²) in [6.07, 6.45) is 1.72. The highest BCUT2D eigenvalue weighted by Crippen LogP contribution is 2.25. The van der Waals surface area contributed by atoms with Crippen LogP contribution in [0.2, 0.25) is 0 Å². The van der Waals surface area contributed by atoms with Crippen LogP contribution in [0, 0.1) is 0 Å². The van der Waals surface area contributed by atoms with Crippen LogP contribution in [0.15, 0.2) is 35.7 Å². The topological polar surface area (TPSA) is 62.3 Å². The minimum Gasteiger partial charge on any atom is -0.355 e. The Morgan fingerprint density at radius 1 is 1.38 bits per heavy atom. The van der Waals surface area contributed by atoms with Crippen molar-refractivity contribution in [3.8, 4) is 0 Å². The Morgan fingerprint density at radius 3 is 2.88 bits per heavy atom. The summed E-state index contributed by atoms with van der Waals surface area (Å²) in [5, 5.41) is 5.53. The number of amides is 2. The molecule has 6 heteroatoms. The Morgan fingerprint density at radius 2 is 2.17 bits per heavy atom. The van der Waals surface area contributed by atoms with Crippen LogP contribution in [0.5, 0.6) is 0 Å². The summed E-state index contributed by atoms with van der Waals surface area (Å²) in [6, 6.07) is 10.1. The molecule has 1 aliphatic rings. The highest BCUT2D eigenvalue weighted by atomic mass is 32.1. The first-order valence-corrected chi connectivity index (χ1v) is 9.08. The van der Waals surface area contributed by atoms with Crippen LogP contribution >= 0.6 is 11.3 Å². The summed E-state index contributed by atoms with van der Waals surface area (Å²) in [5.41, 5.74) is 1.93. The molecule has 2 aromatic rings. The van der Waals surface area contributed by atoms with E-state index in [2.05, 4.69) is 29.4 Å². The van der Waals surface area contributed by atoms with E-state index in [0.717, 1.165) is 18.7 Å². The Bertz CT molecular complexity index is 714. The zero-order chi connectivity index (χ0) is 16.9. The van der Waals surface area contributed by atoms with Crippen LogP contribution < -0.4 is 10.2 Å². The Kier molecular flexibility index (Phi) is 5.25. The molecular formula is C18H21N3O2S. The number of nitrogens with one attached hydrogen (secondary N) is 1. The quantitative estimate of drug-likeness (QED) is 0.877. The maximum Gasteiger partial charge on any atom is 0.228 e. The highest BCUT2D eigenvalue weighted by molar-refractivity contribution is 7.14. The molecule has 2 heterocycles. The Balaban J connectivity index is 1.50. The summed E-state index contributed by atoms with van der Waals surface area (Å²) in [7, 11) is 0. The van der Waals surface area contributed by atoms with Crippen LogP contribution in [-0.2, 0) is 16.0 Å². The van der Waals surface area contributed by atoms with E-state index in [0.29, 0.717) is 18.1 Å². The van der Waals surface area contributed by atoms with Gasteiger partial charge in [-0.1, -0.05) is 37.3 Å². The van der Waals surface area contributed by atoms with Gasteiger partial charge in [-0.05, 0) is 17.9 Å². The van der Waals surface area contributed by atoms with Gasteiger partial charge in [-0.25, -0.2) is 4.98 Å². The second kappa shape index (κ2) is 7.57. The lowest BCUT2D eigenvalue weighted by molar-refractivity contribution is -0.120. The smallest absolute Gasteiger partial charge is 0.228 e. The monoisotopic (exact) mass is 343 g/mol. The number of carbonyl (C=O) groups is 2. The van der Waals surface area contributed by atoms with Gasteiger partial charge in [0.2, 0.25) is 11.8 Å². The maximum absolute atomic E-state index is 12.1. The predicted octanol–water partition coefficient (Wildman–Crippen LogP) is 2.73. The van der Waals surface area contributed by atoms with Gasteiger partial charge in [-0.2, -0.15) is 0 Å². The molecule has 2 amide bonds. The number of aromatic nitrogens is 1. The molecule has 126 valence electrons. The van der Waals surface area contributed by atoms with Gasteiger partial charge in [-0.3, -0.25) is 14.5 Å². The van der Waals surface area contributed by atoms with E-state index in [1.807, 2.05) is 23.6 Å². The molecular weight excluding hydrogens is 322 g/mol. The van der Waals surface area contributed by atoms with Gasteiger partial charge in [0, 0.05) is 24.9 Å². The average molecular weight is 343 g/mol. The molecule has 1 N–H and O–H groups in total. The predicted molar refractivity (Wildman–Crippen MR) is 95.3 cm³/mol. The number of hydrogen-bond acceptors (Lipinski definition) is 4. The van der Waals surface area contributed by atoms with Gasteiger partial charge in [0.05, 0.1) is 12.1 Å². The van der Waals surface area contributed by atoms with Gasteiger partial charge >= 0.3 is 0 Å². The molecule has 24 heavy (non-hydrogen) atoms. The van der Waals surface area contributed by atoms with E-state index >= 15 is 0 Å². The number of anilines is 1. The molecule has 1 aliphatic heterocycles. The average Bonchev–Trinajstić information content (AvgIpc) is 3.22. The van der Waals surface area contributed by atoms with Crippen LogP contribution in [0.4, 0.5) is 5.13 Å². The van der Waals surface area contributed by atoms with E-state index < -0.39 is 0 Å². The lowest BCUT2D eigenvalue weighted by atomic mass is 10.0. The third-order valence-electron chi connectivity index (χ3n) is 4.16. The number of rotatable bonds is 6. The van der Waals surface area contributed by atoms with Crippen molar-refractivity contribution in [3.63, 3.8) is 0 Å². The second-order valence-corrected chi connectivity index (χ2v) is 6.90. The van der Waals surface area contributed by atoms with Crippen LogP contribution in [-0.4, -0.2) is 29.9 Å². The van der Waals surface area contributed by atoms with Crippen molar-refractivity contribution in [1.82, 2.24) is 10.3 Å². The summed E-state index contributed by atoms with van der Waals surface area (Å²) in [4.78, 5) is 30.0. The fraction of sp³-hybridized carbons (Fsp3) is 0.389.